The number of amides is 2. The van der Waals surface area contributed by atoms with Crippen LogP contribution in [0.25, 0.3) is 5.57 Å². The van der Waals surface area contributed by atoms with Gasteiger partial charge in [-0.1, -0.05) is 43.6 Å². The first-order chi connectivity index (χ1) is 15.4. The van der Waals surface area contributed by atoms with E-state index in [9.17, 15) is 9.59 Å². The average Bonchev–Trinajstić information content (AvgIpc) is 3.05. The van der Waals surface area contributed by atoms with E-state index in [1.54, 1.807) is 12.1 Å². The Morgan fingerprint density at radius 1 is 1.03 bits per heavy atom. The highest BCUT2D eigenvalue weighted by Crippen LogP contribution is 2.37. The minimum atomic E-state index is -0.314. The summed E-state index contributed by atoms with van der Waals surface area (Å²) < 4.78 is 5.69. The number of nitrogens with zero attached hydrogens (tertiary/aromatic N) is 2. The van der Waals surface area contributed by atoms with Crippen molar-refractivity contribution < 1.29 is 14.3 Å². The van der Waals surface area contributed by atoms with Crippen LogP contribution in [-0.2, 0) is 9.59 Å². The van der Waals surface area contributed by atoms with E-state index in [2.05, 4.69) is 18.7 Å². The highest BCUT2D eigenvalue weighted by Gasteiger charge is 2.43. The van der Waals surface area contributed by atoms with Gasteiger partial charge in [0.15, 0.2) is 0 Å². The number of benzene rings is 2. The van der Waals surface area contributed by atoms with Gasteiger partial charge in [0.2, 0.25) is 0 Å². The van der Waals surface area contributed by atoms with Crippen LogP contribution in [0.4, 0.5) is 5.69 Å². The number of hydrogen-bond acceptors (Lipinski definition) is 4. The van der Waals surface area contributed by atoms with E-state index in [-0.39, 0.29) is 11.8 Å². The molecule has 2 aliphatic heterocycles. The van der Waals surface area contributed by atoms with E-state index in [0.717, 1.165) is 49.2 Å². The Balaban J connectivity index is 1.75. The van der Waals surface area contributed by atoms with E-state index in [1.165, 1.54) is 4.90 Å². The smallest absolute Gasteiger partial charge is 0.282 e. The quantitative estimate of drug-likeness (QED) is 0.546. The van der Waals surface area contributed by atoms with E-state index >= 15 is 0 Å². The summed E-state index contributed by atoms with van der Waals surface area (Å²) in [4.78, 5) is 30.6. The molecule has 0 saturated carbocycles. The van der Waals surface area contributed by atoms with E-state index in [1.807, 2.05) is 37.3 Å². The molecule has 2 aromatic rings. The predicted molar refractivity (Wildman–Crippen MR) is 128 cm³/mol. The maximum absolute atomic E-state index is 13.6. The number of aryl methyl sites for hydroxylation is 1. The van der Waals surface area contributed by atoms with Crippen molar-refractivity contribution in [3.63, 3.8) is 0 Å². The molecule has 0 N–H and O–H groups in total. The van der Waals surface area contributed by atoms with Crippen LogP contribution in [0.15, 0.2) is 48.2 Å². The van der Waals surface area contributed by atoms with Crippen molar-refractivity contribution in [3.8, 4) is 5.75 Å². The lowest BCUT2D eigenvalue weighted by molar-refractivity contribution is -0.120. The van der Waals surface area contributed by atoms with Crippen LogP contribution < -0.4 is 9.64 Å². The fourth-order valence-corrected chi connectivity index (χ4v) is 4.37. The summed E-state index contributed by atoms with van der Waals surface area (Å²) in [5, 5.41) is 0.530. The van der Waals surface area contributed by atoms with Gasteiger partial charge in [0.25, 0.3) is 11.8 Å². The standard InChI is InChI=1S/C26H29ClN2O3/c1-4-15-32-21-9-6-19(7-10-21)23-24(28-13-11-17(2)12-14-28)26(31)29(25(23)30)20-8-5-18(3)22(27)16-20/h5-10,16-17H,4,11-15H2,1-3H3. The van der Waals surface area contributed by atoms with Crippen molar-refractivity contribution in [3.05, 3.63) is 64.3 Å². The number of likely N-dealkylation sites (tertiary alicyclic amines) is 1. The molecule has 0 bridgehead atoms. The summed E-state index contributed by atoms with van der Waals surface area (Å²) in [7, 11) is 0. The molecule has 0 radical (unpaired) electrons. The van der Waals surface area contributed by atoms with Crippen LogP contribution in [0.1, 0.15) is 44.2 Å². The summed E-state index contributed by atoms with van der Waals surface area (Å²) >= 11 is 6.31. The molecule has 2 amide bonds. The van der Waals surface area contributed by atoms with Gasteiger partial charge < -0.3 is 9.64 Å². The van der Waals surface area contributed by atoms with Gasteiger partial charge in [0.1, 0.15) is 11.4 Å². The highest BCUT2D eigenvalue weighted by molar-refractivity contribution is 6.45. The van der Waals surface area contributed by atoms with Gasteiger partial charge >= 0.3 is 0 Å². The van der Waals surface area contributed by atoms with Gasteiger partial charge in [-0.05, 0) is 67.5 Å². The van der Waals surface area contributed by atoms with E-state index < -0.39 is 0 Å². The number of ether oxygens (including phenoxy) is 1. The molecule has 0 aliphatic carbocycles. The molecule has 2 heterocycles. The summed E-state index contributed by atoms with van der Waals surface area (Å²) in [6.45, 7) is 8.34. The summed E-state index contributed by atoms with van der Waals surface area (Å²) in [6.07, 6.45) is 2.92. The van der Waals surface area contributed by atoms with Crippen molar-refractivity contribution in [2.45, 2.75) is 40.0 Å². The molecule has 5 nitrogen and oxygen atoms in total. The molecule has 2 aromatic carbocycles. The number of rotatable bonds is 6. The number of imide groups is 1. The largest absolute Gasteiger partial charge is 0.494 e. The summed E-state index contributed by atoms with van der Waals surface area (Å²) in [6, 6.07) is 12.7. The normalized spacial score (nSPS) is 17.5. The first kappa shape index (κ1) is 22.4. The number of carbonyl (C=O) groups is 2. The number of halogens is 1. The van der Waals surface area contributed by atoms with Crippen LogP contribution in [0.5, 0.6) is 5.75 Å². The van der Waals surface area contributed by atoms with Crippen molar-refractivity contribution in [1.82, 2.24) is 4.90 Å². The molecule has 0 aromatic heterocycles. The first-order valence-electron chi connectivity index (χ1n) is 11.3. The van der Waals surface area contributed by atoms with Gasteiger partial charge in [-0.2, -0.15) is 0 Å². The fraction of sp³-hybridized carbons (Fsp3) is 0.385. The van der Waals surface area contributed by atoms with Crippen LogP contribution in [-0.4, -0.2) is 36.4 Å². The lowest BCUT2D eigenvalue weighted by Crippen LogP contribution is -2.38. The predicted octanol–water partition coefficient (Wildman–Crippen LogP) is 5.45. The maximum Gasteiger partial charge on any atom is 0.282 e. The van der Waals surface area contributed by atoms with Crippen LogP contribution in [0.3, 0.4) is 0 Å². The van der Waals surface area contributed by atoms with Crippen molar-refractivity contribution >= 4 is 34.7 Å². The topological polar surface area (TPSA) is 49.9 Å². The number of anilines is 1. The highest BCUT2D eigenvalue weighted by atomic mass is 35.5. The van der Waals surface area contributed by atoms with Gasteiger partial charge in [0.05, 0.1) is 17.9 Å². The zero-order valence-corrected chi connectivity index (χ0v) is 19.6. The Bertz CT molecular complexity index is 1050. The molecule has 0 atom stereocenters. The zero-order valence-electron chi connectivity index (χ0n) is 18.9. The second-order valence-corrected chi connectivity index (χ2v) is 9.05. The van der Waals surface area contributed by atoms with Gasteiger partial charge in [-0.15, -0.1) is 0 Å². The van der Waals surface area contributed by atoms with Gasteiger partial charge in [-0.25, -0.2) is 4.90 Å². The van der Waals surface area contributed by atoms with Crippen LogP contribution in [0, 0.1) is 12.8 Å². The molecule has 0 spiro atoms. The third-order valence-corrected chi connectivity index (χ3v) is 6.60. The van der Waals surface area contributed by atoms with Crippen LogP contribution >= 0.6 is 11.6 Å². The van der Waals surface area contributed by atoms with E-state index in [4.69, 9.17) is 16.3 Å². The fourth-order valence-electron chi connectivity index (χ4n) is 4.20. The third kappa shape index (κ3) is 4.26. The van der Waals surface area contributed by atoms with Crippen molar-refractivity contribution in [2.75, 3.05) is 24.6 Å². The molecule has 4 rings (SSSR count). The van der Waals surface area contributed by atoms with Gasteiger partial charge in [0, 0.05) is 18.1 Å². The molecule has 6 heteroatoms. The van der Waals surface area contributed by atoms with Crippen molar-refractivity contribution in [2.24, 2.45) is 5.92 Å². The summed E-state index contributed by atoms with van der Waals surface area (Å²) in [5.74, 6) is 0.768. The number of hydrogen-bond donors (Lipinski definition) is 0. The zero-order chi connectivity index (χ0) is 22.8. The second kappa shape index (κ2) is 9.37. The molecular formula is C26H29ClN2O3. The molecule has 1 fully saturated rings. The Morgan fingerprint density at radius 2 is 1.72 bits per heavy atom. The summed E-state index contributed by atoms with van der Waals surface area (Å²) in [5.41, 5.74) is 3.05. The average molecular weight is 453 g/mol. The Kier molecular flexibility index (Phi) is 6.56. The Morgan fingerprint density at radius 3 is 2.34 bits per heavy atom. The number of carbonyl (C=O) groups excluding carboxylic acids is 2. The second-order valence-electron chi connectivity index (χ2n) is 8.65. The molecule has 32 heavy (non-hydrogen) atoms. The monoisotopic (exact) mass is 452 g/mol. The van der Waals surface area contributed by atoms with Crippen molar-refractivity contribution in [1.29, 1.82) is 0 Å². The lowest BCUT2D eigenvalue weighted by atomic mass is 9.97. The SMILES string of the molecule is CCCOc1ccc(C2=C(N3CCC(C)CC3)C(=O)N(c3ccc(C)c(Cl)c3)C2=O)cc1. The molecule has 0 unspecified atom stereocenters. The molecular weight excluding hydrogens is 424 g/mol. The molecule has 2 aliphatic rings. The third-order valence-electron chi connectivity index (χ3n) is 6.19. The Labute approximate surface area is 194 Å². The minimum absolute atomic E-state index is 0.286. The Hall–Kier alpha value is -2.79. The molecule has 168 valence electrons. The van der Waals surface area contributed by atoms with E-state index in [0.29, 0.717) is 34.5 Å². The minimum Gasteiger partial charge on any atom is -0.494 e. The van der Waals surface area contributed by atoms with Crippen LogP contribution in [0.2, 0.25) is 5.02 Å². The first-order valence-corrected chi connectivity index (χ1v) is 11.7. The lowest BCUT2D eigenvalue weighted by Gasteiger charge is -2.32. The van der Waals surface area contributed by atoms with Gasteiger partial charge in [-0.3, -0.25) is 9.59 Å². The number of piperidine rings is 1. The molecule has 1 saturated heterocycles. The maximum atomic E-state index is 13.6.